The van der Waals surface area contributed by atoms with Gasteiger partial charge in [-0.25, -0.2) is 0 Å². The third kappa shape index (κ3) is 3.24. The fourth-order valence-corrected chi connectivity index (χ4v) is 2.55. The van der Waals surface area contributed by atoms with Gasteiger partial charge >= 0.3 is 0 Å². The van der Waals surface area contributed by atoms with Gasteiger partial charge in [0.2, 0.25) is 0 Å². The molecule has 0 aliphatic carbocycles. The summed E-state index contributed by atoms with van der Waals surface area (Å²) >= 11 is 0. The summed E-state index contributed by atoms with van der Waals surface area (Å²) in [7, 11) is 0. The number of ether oxygens (including phenoxy) is 1. The topological polar surface area (TPSA) is 24.5 Å². The SMILES string of the molecule is CCOc1ccc(CN2C(C)CNCC2C)cc1. The van der Waals surface area contributed by atoms with E-state index in [1.54, 1.807) is 0 Å². The number of nitrogens with one attached hydrogen (secondary N) is 1. The maximum atomic E-state index is 5.47. The summed E-state index contributed by atoms with van der Waals surface area (Å²) < 4.78 is 5.47. The van der Waals surface area contributed by atoms with Gasteiger partial charge in [0.1, 0.15) is 5.75 Å². The number of piperazine rings is 1. The predicted molar refractivity (Wildman–Crippen MR) is 74.9 cm³/mol. The van der Waals surface area contributed by atoms with Crippen molar-refractivity contribution in [2.75, 3.05) is 19.7 Å². The molecule has 3 nitrogen and oxygen atoms in total. The molecule has 0 amide bonds. The molecule has 100 valence electrons. The molecule has 1 fully saturated rings. The van der Waals surface area contributed by atoms with Crippen LogP contribution >= 0.6 is 0 Å². The maximum Gasteiger partial charge on any atom is 0.119 e. The third-order valence-electron chi connectivity index (χ3n) is 3.61. The fourth-order valence-electron chi connectivity index (χ4n) is 2.55. The zero-order valence-corrected chi connectivity index (χ0v) is 11.6. The minimum atomic E-state index is 0.598. The summed E-state index contributed by atoms with van der Waals surface area (Å²) in [5.41, 5.74) is 1.36. The first-order valence-corrected chi connectivity index (χ1v) is 6.89. The normalized spacial score (nSPS) is 25.1. The van der Waals surface area contributed by atoms with Crippen LogP contribution in [0.5, 0.6) is 5.75 Å². The highest BCUT2D eigenvalue weighted by Gasteiger charge is 2.24. The van der Waals surface area contributed by atoms with E-state index >= 15 is 0 Å². The van der Waals surface area contributed by atoms with E-state index in [4.69, 9.17) is 4.74 Å². The minimum Gasteiger partial charge on any atom is -0.494 e. The van der Waals surface area contributed by atoms with Crippen molar-refractivity contribution in [1.29, 1.82) is 0 Å². The second kappa shape index (κ2) is 6.21. The molecule has 2 atom stereocenters. The lowest BCUT2D eigenvalue weighted by Gasteiger charge is -2.39. The Morgan fingerprint density at radius 2 is 1.78 bits per heavy atom. The molecule has 18 heavy (non-hydrogen) atoms. The molecule has 0 spiro atoms. The molecule has 1 heterocycles. The summed E-state index contributed by atoms with van der Waals surface area (Å²) in [5.74, 6) is 0.961. The molecule has 1 aliphatic rings. The van der Waals surface area contributed by atoms with Crippen LogP contribution in [0.3, 0.4) is 0 Å². The van der Waals surface area contributed by atoms with Crippen molar-refractivity contribution in [3.63, 3.8) is 0 Å². The highest BCUT2D eigenvalue weighted by molar-refractivity contribution is 5.27. The van der Waals surface area contributed by atoms with E-state index in [-0.39, 0.29) is 0 Å². The van der Waals surface area contributed by atoms with Crippen LogP contribution in [0.1, 0.15) is 26.3 Å². The minimum absolute atomic E-state index is 0.598. The van der Waals surface area contributed by atoms with Crippen molar-refractivity contribution in [3.8, 4) is 5.75 Å². The standard InChI is InChI=1S/C15H24N2O/c1-4-18-15-7-5-14(6-8-15)11-17-12(2)9-16-10-13(17)3/h5-8,12-13,16H,4,9-11H2,1-3H3. The molecule has 0 bridgehead atoms. The zero-order valence-electron chi connectivity index (χ0n) is 11.6. The van der Waals surface area contributed by atoms with Gasteiger partial charge < -0.3 is 10.1 Å². The Morgan fingerprint density at radius 3 is 2.33 bits per heavy atom. The molecule has 0 radical (unpaired) electrons. The largest absolute Gasteiger partial charge is 0.494 e. The molecular weight excluding hydrogens is 224 g/mol. The third-order valence-corrected chi connectivity index (χ3v) is 3.61. The van der Waals surface area contributed by atoms with Gasteiger partial charge in [-0.1, -0.05) is 12.1 Å². The van der Waals surface area contributed by atoms with Gasteiger partial charge in [-0.05, 0) is 38.5 Å². The van der Waals surface area contributed by atoms with Crippen molar-refractivity contribution in [1.82, 2.24) is 10.2 Å². The first-order valence-electron chi connectivity index (χ1n) is 6.89. The van der Waals surface area contributed by atoms with E-state index in [1.165, 1.54) is 5.56 Å². The van der Waals surface area contributed by atoms with Crippen LogP contribution in [0.25, 0.3) is 0 Å². The van der Waals surface area contributed by atoms with Crippen LogP contribution in [0.4, 0.5) is 0 Å². The summed E-state index contributed by atoms with van der Waals surface area (Å²) in [6.45, 7) is 10.5. The highest BCUT2D eigenvalue weighted by Crippen LogP contribution is 2.17. The van der Waals surface area contributed by atoms with E-state index in [0.717, 1.165) is 32.0 Å². The smallest absolute Gasteiger partial charge is 0.119 e. The first-order chi connectivity index (χ1) is 8.70. The van der Waals surface area contributed by atoms with Gasteiger partial charge in [-0.15, -0.1) is 0 Å². The Morgan fingerprint density at radius 1 is 1.17 bits per heavy atom. The molecule has 0 saturated carbocycles. The molecule has 1 aliphatic heterocycles. The first kappa shape index (κ1) is 13.4. The maximum absolute atomic E-state index is 5.47. The van der Waals surface area contributed by atoms with Gasteiger partial charge in [0.25, 0.3) is 0 Å². The second-order valence-corrected chi connectivity index (χ2v) is 5.11. The molecule has 1 aromatic rings. The van der Waals surface area contributed by atoms with E-state index < -0.39 is 0 Å². The fraction of sp³-hybridized carbons (Fsp3) is 0.600. The number of benzene rings is 1. The molecule has 1 aromatic carbocycles. The number of hydrogen-bond donors (Lipinski definition) is 1. The average Bonchev–Trinajstić information content (AvgIpc) is 2.36. The van der Waals surface area contributed by atoms with Crippen molar-refractivity contribution in [2.45, 2.75) is 39.4 Å². The van der Waals surface area contributed by atoms with Crippen molar-refractivity contribution < 1.29 is 4.74 Å². The Hall–Kier alpha value is -1.06. The summed E-state index contributed by atoms with van der Waals surface area (Å²) in [6, 6.07) is 9.67. The summed E-state index contributed by atoms with van der Waals surface area (Å²) in [4.78, 5) is 2.56. The Balaban J connectivity index is 1.99. The number of nitrogens with zero attached hydrogens (tertiary/aromatic N) is 1. The van der Waals surface area contributed by atoms with Crippen molar-refractivity contribution in [3.05, 3.63) is 29.8 Å². The average molecular weight is 248 g/mol. The second-order valence-electron chi connectivity index (χ2n) is 5.11. The Labute approximate surface area is 110 Å². The lowest BCUT2D eigenvalue weighted by Crippen LogP contribution is -2.54. The summed E-state index contributed by atoms with van der Waals surface area (Å²) in [6.07, 6.45) is 0. The quantitative estimate of drug-likeness (QED) is 0.884. The van der Waals surface area contributed by atoms with Gasteiger partial charge in [-0.3, -0.25) is 4.90 Å². The van der Waals surface area contributed by atoms with E-state index in [1.807, 2.05) is 6.92 Å². The van der Waals surface area contributed by atoms with Crippen LogP contribution in [0, 0.1) is 0 Å². The Kier molecular flexibility index (Phi) is 4.61. The molecule has 3 heteroatoms. The molecular formula is C15H24N2O. The monoisotopic (exact) mass is 248 g/mol. The highest BCUT2D eigenvalue weighted by atomic mass is 16.5. The van der Waals surface area contributed by atoms with E-state index in [0.29, 0.717) is 12.1 Å². The van der Waals surface area contributed by atoms with Crippen LogP contribution in [0.2, 0.25) is 0 Å². The molecule has 0 aromatic heterocycles. The number of rotatable bonds is 4. The lowest BCUT2D eigenvalue weighted by molar-refractivity contribution is 0.109. The Bertz CT molecular complexity index is 353. The zero-order chi connectivity index (χ0) is 13.0. The predicted octanol–water partition coefficient (Wildman–Crippen LogP) is 2.27. The molecule has 1 saturated heterocycles. The van der Waals surface area contributed by atoms with Crippen LogP contribution in [-0.2, 0) is 6.54 Å². The molecule has 2 unspecified atom stereocenters. The van der Waals surface area contributed by atoms with Gasteiger partial charge in [0, 0.05) is 31.7 Å². The van der Waals surface area contributed by atoms with Crippen LogP contribution in [-0.4, -0.2) is 36.7 Å². The molecule has 1 N–H and O–H groups in total. The van der Waals surface area contributed by atoms with E-state index in [9.17, 15) is 0 Å². The number of hydrogen-bond acceptors (Lipinski definition) is 3. The molecule has 2 rings (SSSR count). The van der Waals surface area contributed by atoms with Gasteiger partial charge in [0.05, 0.1) is 6.61 Å². The lowest BCUT2D eigenvalue weighted by atomic mass is 10.1. The van der Waals surface area contributed by atoms with Gasteiger partial charge in [0.15, 0.2) is 0 Å². The van der Waals surface area contributed by atoms with E-state index in [2.05, 4.69) is 48.3 Å². The van der Waals surface area contributed by atoms with Crippen molar-refractivity contribution in [2.24, 2.45) is 0 Å². The van der Waals surface area contributed by atoms with Crippen molar-refractivity contribution >= 4 is 0 Å². The van der Waals surface area contributed by atoms with Gasteiger partial charge in [-0.2, -0.15) is 0 Å². The van der Waals surface area contributed by atoms with Crippen LogP contribution < -0.4 is 10.1 Å². The summed E-state index contributed by atoms with van der Waals surface area (Å²) in [5, 5.41) is 3.46. The van der Waals surface area contributed by atoms with Crippen LogP contribution in [0.15, 0.2) is 24.3 Å².